The molecule has 21 heavy (non-hydrogen) atoms. The van der Waals surface area contributed by atoms with Crippen LogP contribution in [0.4, 0.5) is 0 Å². The standard InChI is InChI=1S/C16H15N3OS/c17-11-16(5-8-21-9-6-16)19-15(20)13-3-4-14-12(10-13)2-1-7-18-14/h1-4,7,10H,5-6,8-9H2,(H,19,20). The molecule has 4 nitrogen and oxygen atoms in total. The van der Waals surface area contributed by atoms with E-state index in [0.717, 1.165) is 22.4 Å². The molecule has 0 atom stereocenters. The van der Waals surface area contributed by atoms with Crippen LogP contribution in [0, 0.1) is 11.3 Å². The average Bonchev–Trinajstić information content (AvgIpc) is 2.55. The molecule has 1 N–H and O–H groups in total. The quantitative estimate of drug-likeness (QED) is 0.925. The van der Waals surface area contributed by atoms with Crippen LogP contribution in [0.2, 0.25) is 0 Å². The Morgan fingerprint density at radius 1 is 1.33 bits per heavy atom. The Labute approximate surface area is 127 Å². The molecule has 0 aliphatic carbocycles. The van der Waals surface area contributed by atoms with E-state index < -0.39 is 5.54 Å². The van der Waals surface area contributed by atoms with Crippen molar-refractivity contribution < 1.29 is 4.79 Å². The van der Waals surface area contributed by atoms with E-state index in [4.69, 9.17) is 0 Å². The Morgan fingerprint density at radius 3 is 2.90 bits per heavy atom. The lowest BCUT2D eigenvalue weighted by molar-refractivity contribution is 0.0915. The molecule has 0 bridgehead atoms. The number of nitrogens with one attached hydrogen (secondary N) is 1. The normalized spacial score (nSPS) is 17.1. The van der Waals surface area contributed by atoms with Crippen LogP contribution in [0.5, 0.6) is 0 Å². The Hall–Kier alpha value is -2.06. The summed E-state index contributed by atoms with van der Waals surface area (Å²) in [5, 5.41) is 13.3. The first kappa shape index (κ1) is 13.9. The zero-order valence-electron chi connectivity index (χ0n) is 11.5. The van der Waals surface area contributed by atoms with Crippen LogP contribution in [-0.4, -0.2) is 27.9 Å². The maximum Gasteiger partial charge on any atom is 0.252 e. The third-order valence-electron chi connectivity index (χ3n) is 3.78. The lowest BCUT2D eigenvalue weighted by atomic mass is 9.93. The summed E-state index contributed by atoms with van der Waals surface area (Å²) in [5.41, 5.74) is 0.716. The van der Waals surface area contributed by atoms with Crippen LogP contribution in [0.3, 0.4) is 0 Å². The van der Waals surface area contributed by atoms with Crippen molar-refractivity contribution in [3.05, 3.63) is 42.1 Å². The predicted molar refractivity (Wildman–Crippen MR) is 84.1 cm³/mol. The molecule has 1 aromatic heterocycles. The van der Waals surface area contributed by atoms with Crippen LogP contribution >= 0.6 is 11.8 Å². The number of hydrogen-bond donors (Lipinski definition) is 1. The van der Waals surface area contributed by atoms with Crippen molar-refractivity contribution in [3.63, 3.8) is 0 Å². The van der Waals surface area contributed by atoms with Gasteiger partial charge in [0.25, 0.3) is 5.91 Å². The Morgan fingerprint density at radius 2 is 2.14 bits per heavy atom. The molecule has 106 valence electrons. The monoisotopic (exact) mass is 297 g/mol. The Balaban J connectivity index is 1.85. The molecule has 2 heterocycles. The molecule has 1 aliphatic rings. The number of nitriles is 1. The molecule has 2 aromatic rings. The summed E-state index contributed by atoms with van der Waals surface area (Å²) < 4.78 is 0. The second-order valence-electron chi connectivity index (χ2n) is 5.17. The first-order valence-electron chi connectivity index (χ1n) is 6.89. The van der Waals surface area contributed by atoms with Crippen LogP contribution in [0.1, 0.15) is 23.2 Å². The van der Waals surface area contributed by atoms with E-state index in [0.29, 0.717) is 18.4 Å². The van der Waals surface area contributed by atoms with Gasteiger partial charge in [0.1, 0.15) is 5.54 Å². The fraction of sp³-hybridized carbons (Fsp3) is 0.312. The summed E-state index contributed by atoms with van der Waals surface area (Å²) in [6.45, 7) is 0. The number of fused-ring (bicyclic) bond motifs is 1. The third kappa shape index (κ3) is 2.86. The van der Waals surface area contributed by atoms with E-state index >= 15 is 0 Å². The van der Waals surface area contributed by atoms with Gasteiger partial charge in [0, 0.05) is 17.1 Å². The van der Waals surface area contributed by atoms with Gasteiger partial charge in [-0.15, -0.1) is 0 Å². The van der Waals surface area contributed by atoms with Crippen molar-refractivity contribution in [2.45, 2.75) is 18.4 Å². The number of carbonyl (C=O) groups excluding carboxylic acids is 1. The van der Waals surface area contributed by atoms with E-state index in [1.54, 1.807) is 12.3 Å². The zero-order valence-corrected chi connectivity index (χ0v) is 12.3. The minimum Gasteiger partial charge on any atom is -0.334 e. The number of thioether (sulfide) groups is 1. The highest BCUT2D eigenvalue weighted by Crippen LogP contribution is 2.27. The minimum atomic E-state index is -0.716. The maximum absolute atomic E-state index is 12.4. The van der Waals surface area contributed by atoms with Crippen LogP contribution < -0.4 is 5.32 Å². The van der Waals surface area contributed by atoms with Crippen molar-refractivity contribution in [1.82, 2.24) is 10.3 Å². The van der Waals surface area contributed by atoms with E-state index in [2.05, 4.69) is 16.4 Å². The lowest BCUT2D eigenvalue weighted by Crippen LogP contribution is -2.49. The van der Waals surface area contributed by atoms with Crippen molar-refractivity contribution in [2.24, 2.45) is 0 Å². The molecule has 0 saturated carbocycles. The van der Waals surface area contributed by atoms with Crippen LogP contribution in [-0.2, 0) is 0 Å². The largest absolute Gasteiger partial charge is 0.334 e. The van der Waals surface area contributed by atoms with Gasteiger partial charge in [-0.1, -0.05) is 6.07 Å². The molecule has 1 amide bonds. The smallest absolute Gasteiger partial charge is 0.252 e. The van der Waals surface area contributed by atoms with Gasteiger partial charge in [-0.25, -0.2) is 0 Å². The highest BCUT2D eigenvalue weighted by Gasteiger charge is 2.34. The Kier molecular flexibility index (Phi) is 3.80. The predicted octanol–water partition coefficient (Wildman–Crippen LogP) is 2.75. The molecule has 3 rings (SSSR count). The molecule has 1 fully saturated rings. The third-order valence-corrected chi connectivity index (χ3v) is 4.76. The van der Waals surface area contributed by atoms with Crippen LogP contribution in [0.15, 0.2) is 36.5 Å². The topological polar surface area (TPSA) is 65.8 Å². The lowest BCUT2D eigenvalue weighted by Gasteiger charge is -2.31. The first-order valence-corrected chi connectivity index (χ1v) is 8.04. The number of hydrogen-bond acceptors (Lipinski definition) is 4. The van der Waals surface area contributed by atoms with Crippen LogP contribution in [0.25, 0.3) is 10.9 Å². The molecular formula is C16H15N3OS. The molecular weight excluding hydrogens is 282 g/mol. The number of amides is 1. The van der Waals surface area contributed by atoms with E-state index in [1.165, 1.54) is 0 Å². The second kappa shape index (κ2) is 5.74. The maximum atomic E-state index is 12.4. The van der Waals surface area contributed by atoms with Crippen molar-refractivity contribution >= 4 is 28.6 Å². The van der Waals surface area contributed by atoms with Gasteiger partial charge in [0.05, 0.1) is 11.6 Å². The summed E-state index contributed by atoms with van der Waals surface area (Å²) >= 11 is 1.83. The molecule has 0 spiro atoms. The van der Waals surface area contributed by atoms with E-state index in [9.17, 15) is 10.1 Å². The highest BCUT2D eigenvalue weighted by molar-refractivity contribution is 7.99. The molecule has 1 aromatic carbocycles. The fourth-order valence-electron chi connectivity index (χ4n) is 2.49. The molecule has 0 radical (unpaired) electrons. The second-order valence-corrected chi connectivity index (χ2v) is 6.40. The van der Waals surface area contributed by atoms with Gasteiger partial charge in [0.2, 0.25) is 0 Å². The number of rotatable bonds is 2. The summed E-state index contributed by atoms with van der Waals surface area (Å²) in [7, 11) is 0. The molecule has 1 aliphatic heterocycles. The summed E-state index contributed by atoms with van der Waals surface area (Å²) in [6, 6.07) is 11.5. The van der Waals surface area contributed by atoms with Gasteiger partial charge >= 0.3 is 0 Å². The fourth-order valence-corrected chi connectivity index (χ4v) is 3.68. The minimum absolute atomic E-state index is 0.186. The van der Waals surface area contributed by atoms with E-state index in [1.807, 2.05) is 36.0 Å². The van der Waals surface area contributed by atoms with Gasteiger partial charge in [-0.3, -0.25) is 9.78 Å². The number of pyridine rings is 1. The van der Waals surface area contributed by atoms with Crippen molar-refractivity contribution in [2.75, 3.05) is 11.5 Å². The first-order chi connectivity index (χ1) is 10.2. The number of benzene rings is 1. The number of nitrogens with zero attached hydrogens (tertiary/aromatic N) is 2. The highest BCUT2D eigenvalue weighted by atomic mass is 32.2. The Bertz CT molecular complexity index is 717. The molecule has 1 saturated heterocycles. The average molecular weight is 297 g/mol. The summed E-state index contributed by atoms with van der Waals surface area (Å²) in [4.78, 5) is 16.7. The van der Waals surface area contributed by atoms with Gasteiger partial charge in [-0.05, 0) is 48.6 Å². The van der Waals surface area contributed by atoms with Gasteiger partial charge < -0.3 is 5.32 Å². The van der Waals surface area contributed by atoms with Crippen molar-refractivity contribution in [1.29, 1.82) is 5.26 Å². The SMILES string of the molecule is N#CC1(NC(=O)c2ccc3ncccc3c2)CCSCC1. The number of carbonyl (C=O) groups is 1. The molecule has 0 unspecified atom stereocenters. The zero-order chi connectivity index (χ0) is 14.7. The van der Waals surface area contributed by atoms with E-state index in [-0.39, 0.29) is 5.91 Å². The molecule has 5 heteroatoms. The number of aromatic nitrogens is 1. The van der Waals surface area contributed by atoms with Gasteiger partial charge in [0.15, 0.2) is 0 Å². The summed E-state index contributed by atoms with van der Waals surface area (Å²) in [6.07, 6.45) is 3.14. The van der Waals surface area contributed by atoms with Gasteiger partial charge in [-0.2, -0.15) is 17.0 Å². The summed E-state index contributed by atoms with van der Waals surface area (Å²) in [5.74, 6) is 1.64. The van der Waals surface area contributed by atoms with Crippen molar-refractivity contribution in [3.8, 4) is 6.07 Å².